The van der Waals surface area contributed by atoms with Gasteiger partial charge in [0.2, 0.25) is 0 Å². The molecule has 1 heterocycles. The van der Waals surface area contributed by atoms with E-state index < -0.39 is 5.97 Å². The molecule has 0 amide bonds. The maximum atomic E-state index is 11.6. The summed E-state index contributed by atoms with van der Waals surface area (Å²) in [4.78, 5) is 18.0. The number of methoxy groups -OCH3 is 1. The van der Waals surface area contributed by atoms with Crippen molar-refractivity contribution in [1.82, 2.24) is 4.98 Å². The number of carbonyl (C=O) groups is 1. The molecule has 0 fully saturated rings. The molecule has 2 aromatic rings. The normalized spacial score (nSPS) is 10.4. The maximum Gasteiger partial charge on any atom is 0.351 e. The van der Waals surface area contributed by atoms with Gasteiger partial charge < -0.3 is 9.64 Å². The van der Waals surface area contributed by atoms with Crippen molar-refractivity contribution in [1.29, 1.82) is 0 Å². The van der Waals surface area contributed by atoms with E-state index in [-0.39, 0.29) is 5.15 Å². The van der Waals surface area contributed by atoms with Gasteiger partial charge in [-0.2, -0.15) is 0 Å². The van der Waals surface area contributed by atoms with Gasteiger partial charge in [-0.25, -0.2) is 9.78 Å². The molecule has 0 spiro atoms. The quantitative estimate of drug-likeness (QED) is 0.805. The highest BCUT2D eigenvalue weighted by atomic mass is 35.5. The van der Waals surface area contributed by atoms with Gasteiger partial charge in [0.15, 0.2) is 15.2 Å². The fourth-order valence-electron chi connectivity index (χ4n) is 1.94. The minimum absolute atomic E-state index is 0.175. The Bertz CT molecular complexity index is 655. The number of nitrogens with zero attached hydrogens (tertiary/aromatic N) is 2. The van der Waals surface area contributed by atoms with Crippen LogP contribution in [-0.2, 0) is 4.74 Å². The summed E-state index contributed by atoms with van der Waals surface area (Å²) in [5.41, 5.74) is 3.36. The zero-order valence-corrected chi connectivity index (χ0v) is 13.3. The summed E-state index contributed by atoms with van der Waals surface area (Å²) in [6.45, 7) is 4.08. The summed E-state index contributed by atoms with van der Waals surface area (Å²) in [5, 5.41) is 0.829. The lowest BCUT2D eigenvalue weighted by Gasteiger charge is -2.18. The zero-order valence-electron chi connectivity index (χ0n) is 11.7. The van der Waals surface area contributed by atoms with E-state index in [9.17, 15) is 4.79 Å². The molecule has 0 aliphatic rings. The molecule has 0 unspecified atom stereocenters. The largest absolute Gasteiger partial charge is 0.465 e. The van der Waals surface area contributed by atoms with Crippen LogP contribution in [0.5, 0.6) is 0 Å². The summed E-state index contributed by atoms with van der Waals surface area (Å²) in [6.07, 6.45) is 0. The predicted octanol–water partition coefficient (Wildman–Crippen LogP) is 3.97. The third kappa shape index (κ3) is 2.78. The van der Waals surface area contributed by atoms with Crippen LogP contribution in [0.4, 0.5) is 10.8 Å². The smallest absolute Gasteiger partial charge is 0.351 e. The molecule has 1 aromatic carbocycles. The van der Waals surface area contributed by atoms with Crippen LogP contribution in [0.1, 0.15) is 20.8 Å². The molecule has 0 aliphatic carbocycles. The Hall–Kier alpha value is -1.59. The fraction of sp³-hybridized carbons (Fsp3) is 0.286. The van der Waals surface area contributed by atoms with Crippen LogP contribution in [0.2, 0.25) is 5.15 Å². The van der Waals surface area contributed by atoms with Gasteiger partial charge in [-0.3, -0.25) is 0 Å². The third-order valence-corrected chi connectivity index (χ3v) is 4.44. The molecule has 0 saturated carbocycles. The SMILES string of the molecule is COC(=O)c1sc(N(C)c2ccc(C)cc2C)nc1Cl. The zero-order chi connectivity index (χ0) is 14.9. The van der Waals surface area contributed by atoms with Crippen LogP contribution in [-0.4, -0.2) is 25.1 Å². The Labute approximate surface area is 127 Å². The number of thiazole rings is 1. The first kappa shape index (κ1) is 14.8. The molecule has 4 nitrogen and oxygen atoms in total. The van der Waals surface area contributed by atoms with Gasteiger partial charge in [0, 0.05) is 12.7 Å². The number of rotatable bonds is 3. The van der Waals surface area contributed by atoms with Crippen LogP contribution >= 0.6 is 22.9 Å². The van der Waals surface area contributed by atoms with Gasteiger partial charge in [0.05, 0.1) is 7.11 Å². The Balaban J connectivity index is 2.38. The molecule has 0 aliphatic heterocycles. The molecule has 0 atom stereocenters. The lowest BCUT2D eigenvalue weighted by atomic mass is 10.1. The molecule has 1 aromatic heterocycles. The second-order valence-electron chi connectivity index (χ2n) is 4.46. The number of anilines is 2. The van der Waals surface area contributed by atoms with Gasteiger partial charge in [-0.05, 0) is 25.5 Å². The molecule has 106 valence electrons. The van der Waals surface area contributed by atoms with Crippen molar-refractivity contribution in [3.63, 3.8) is 0 Å². The van der Waals surface area contributed by atoms with E-state index in [0.29, 0.717) is 10.0 Å². The number of halogens is 1. The molecular formula is C14H15ClN2O2S. The molecule has 0 radical (unpaired) electrons. The summed E-state index contributed by atoms with van der Waals surface area (Å²) < 4.78 is 4.68. The highest BCUT2D eigenvalue weighted by Gasteiger charge is 2.20. The van der Waals surface area contributed by atoms with E-state index in [1.807, 2.05) is 37.9 Å². The summed E-state index contributed by atoms with van der Waals surface area (Å²) in [6, 6.07) is 6.16. The predicted molar refractivity (Wildman–Crippen MR) is 82.4 cm³/mol. The molecular weight excluding hydrogens is 296 g/mol. The van der Waals surface area contributed by atoms with Crippen molar-refractivity contribution in [3.8, 4) is 0 Å². The topological polar surface area (TPSA) is 42.4 Å². The second kappa shape index (κ2) is 5.81. The fourth-order valence-corrected chi connectivity index (χ4v) is 3.11. The number of esters is 1. The van der Waals surface area contributed by atoms with E-state index in [1.54, 1.807) is 0 Å². The number of aryl methyl sites for hydroxylation is 2. The van der Waals surface area contributed by atoms with Gasteiger partial charge >= 0.3 is 5.97 Å². The Morgan fingerprint density at radius 3 is 2.70 bits per heavy atom. The van der Waals surface area contributed by atoms with Crippen LogP contribution < -0.4 is 4.90 Å². The van der Waals surface area contributed by atoms with Crippen molar-refractivity contribution >= 4 is 39.7 Å². The highest BCUT2D eigenvalue weighted by Crippen LogP contribution is 2.34. The minimum atomic E-state index is -0.465. The molecule has 0 bridgehead atoms. The summed E-state index contributed by atoms with van der Waals surface area (Å²) in [7, 11) is 3.22. The van der Waals surface area contributed by atoms with Gasteiger partial charge in [0.1, 0.15) is 0 Å². The van der Waals surface area contributed by atoms with Crippen molar-refractivity contribution < 1.29 is 9.53 Å². The van der Waals surface area contributed by atoms with Gasteiger partial charge in [0.25, 0.3) is 0 Å². The third-order valence-electron chi connectivity index (χ3n) is 2.95. The monoisotopic (exact) mass is 310 g/mol. The average Bonchev–Trinajstić information content (AvgIpc) is 2.79. The first-order valence-electron chi connectivity index (χ1n) is 5.99. The van der Waals surface area contributed by atoms with Crippen molar-refractivity contribution in [2.75, 3.05) is 19.1 Å². The van der Waals surface area contributed by atoms with Gasteiger partial charge in [-0.1, -0.05) is 40.6 Å². The van der Waals surface area contributed by atoms with Crippen molar-refractivity contribution in [2.24, 2.45) is 0 Å². The second-order valence-corrected chi connectivity index (χ2v) is 5.79. The van der Waals surface area contributed by atoms with E-state index in [1.165, 1.54) is 24.0 Å². The molecule has 2 rings (SSSR count). The standard InChI is InChI=1S/C14H15ClN2O2S/c1-8-5-6-10(9(2)7-8)17(3)14-16-12(15)11(20-14)13(18)19-4/h5-7H,1-4H3. The molecule has 0 saturated heterocycles. The molecule has 6 heteroatoms. The summed E-state index contributed by atoms with van der Waals surface area (Å²) in [5.74, 6) is -0.465. The average molecular weight is 311 g/mol. The van der Waals surface area contributed by atoms with Crippen molar-refractivity contribution in [2.45, 2.75) is 13.8 Å². The molecule has 20 heavy (non-hydrogen) atoms. The molecule has 0 N–H and O–H groups in total. The number of hydrogen-bond acceptors (Lipinski definition) is 5. The van der Waals surface area contributed by atoms with E-state index >= 15 is 0 Å². The number of benzene rings is 1. The van der Waals surface area contributed by atoms with Crippen LogP contribution in [0.15, 0.2) is 18.2 Å². The highest BCUT2D eigenvalue weighted by molar-refractivity contribution is 7.18. The number of hydrogen-bond donors (Lipinski definition) is 0. The Kier molecular flexibility index (Phi) is 4.30. The maximum absolute atomic E-state index is 11.6. The van der Waals surface area contributed by atoms with Crippen molar-refractivity contribution in [3.05, 3.63) is 39.4 Å². The first-order valence-corrected chi connectivity index (χ1v) is 7.19. The number of carbonyl (C=O) groups excluding carboxylic acids is 1. The van der Waals surface area contributed by atoms with E-state index in [2.05, 4.69) is 15.8 Å². The Morgan fingerprint density at radius 2 is 2.10 bits per heavy atom. The number of ether oxygens (including phenoxy) is 1. The summed E-state index contributed by atoms with van der Waals surface area (Å²) >= 11 is 7.20. The van der Waals surface area contributed by atoms with E-state index in [0.717, 1.165) is 11.3 Å². The van der Waals surface area contributed by atoms with Crippen LogP contribution in [0, 0.1) is 13.8 Å². The van der Waals surface area contributed by atoms with Crippen LogP contribution in [0.3, 0.4) is 0 Å². The minimum Gasteiger partial charge on any atom is -0.465 e. The lowest BCUT2D eigenvalue weighted by Crippen LogP contribution is -2.10. The van der Waals surface area contributed by atoms with E-state index in [4.69, 9.17) is 11.6 Å². The number of aromatic nitrogens is 1. The van der Waals surface area contributed by atoms with Crippen LogP contribution in [0.25, 0.3) is 0 Å². The first-order chi connectivity index (χ1) is 9.43. The van der Waals surface area contributed by atoms with Gasteiger partial charge in [-0.15, -0.1) is 0 Å². The Morgan fingerprint density at radius 1 is 1.40 bits per heavy atom. The lowest BCUT2D eigenvalue weighted by molar-refractivity contribution is 0.0606.